The molecule has 28 heavy (non-hydrogen) atoms. The lowest BCUT2D eigenvalue weighted by atomic mass is 10.0. The number of likely N-dealkylation sites (tertiary alicyclic amines) is 1. The number of nitrogens with zero attached hydrogens (tertiary/aromatic N) is 2. The van der Waals surface area contributed by atoms with Crippen molar-refractivity contribution in [2.24, 2.45) is 4.99 Å². The number of hydrogen-bond acceptors (Lipinski definition) is 2. The highest BCUT2D eigenvalue weighted by Crippen LogP contribution is 2.22. The third kappa shape index (κ3) is 6.39. The standard InChI is InChI=1S/C21H30ClN5.HI/c1-15(2)14-27-10-7-18(8-11-27)26-21(23-3)24-9-6-16-13-25-20-5-4-17(22)12-19(16)20;/h4-5,12-13,18,25H,1,6-11,14H2,2-3H3,(H2,23,24,26);1H. The molecular weight excluding hydrogens is 485 g/mol. The Morgan fingerprint density at radius 2 is 2.11 bits per heavy atom. The van der Waals surface area contributed by atoms with Gasteiger partial charge in [-0.1, -0.05) is 23.8 Å². The number of aromatic amines is 1. The maximum Gasteiger partial charge on any atom is 0.191 e. The van der Waals surface area contributed by atoms with Gasteiger partial charge in [0.1, 0.15) is 0 Å². The molecule has 2 aromatic rings. The Morgan fingerprint density at radius 3 is 2.79 bits per heavy atom. The van der Waals surface area contributed by atoms with E-state index < -0.39 is 0 Å². The molecule has 1 saturated heterocycles. The summed E-state index contributed by atoms with van der Waals surface area (Å²) in [7, 11) is 1.83. The van der Waals surface area contributed by atoms with Crippen molar-refractivity contribution in [3.05, 3.63) is 47.1 Å². The molecule has 0 unspecified atom stereocenters. The van der Waals surface area contributed by atoms with Crippen LogP contribution in [0.2, 0.25) is 5.02 Å². The van der Waals surface area contributed by atoms with Crippen molar-refractivity contribution >= 4 is 52.4 Å². The zero-order chi connectivity index (χ0) is 19.2. The second-order valence-corrected chi connectivity index (χ2v) is 7.84. The molecule has 0 saturated carbocycles. The minimum atomic E-state index is 0. The van der Waals surface area contributed by atoms with E-state index in [1.165, 1.54) is 16.5 Å². The molecule has 1 aromatic carbocycles. The van der Waals surface area contributed by atoms with Crippen molar-refractivity contribution in [2.45, 2.75) is 32.2 Å². The molecule has 1 aliphatic rings. The Hall–Kier alpha value is -1.25. The largest absolute Gasteiger partial charge is 0.361 e. The number of fused-ring (bicyclic) bond motifs is 1. The summed E-state index contributed by atoms with van der Waals surface area (Å²) in [5, 5.41) is 8.97. The van der Waals surface area contributed by atoms with E-state index in [-0.39, 0.29) is 24.0 Å². The van der Waals surface area contributed by atoms with Crippen LogP contribution in [0.25, 0.3) is 10.9 Å². The molecule has 0 atom stereocenters. The normalized spacial score (nSPS) is 16.0. The molecule has 2 heterocycles. The quantitative estimate of drug-likeness (QED) is 0.234. The zero-order valence-corrected chi connectivity index (χ0v) is 19.8. The number of aromatic nitrogens is 1. The molecule has 1 fully saturated rings. The average Bonchev–Trinajstić information content (AvgIpc) is 3.04. The monoisotopic (exact) mass is 515 g/mol. The summed E-state index contributed by atoms with van der Waals surface area (Å²) in [5.74, 6) is 0.881. The van der Waals surface area contributed by atoms with E-state index in [0.29, 0.717) is 6.04 Å². The summed E-state index contributed by atoms with van der Waals surface area (Å²) in [4.78, 5) is 10.2. The lowest BCUT2D eigenvalue weighted by Crippen LogP contribution is -2.49. The van der Waals surface area contributed by atoms with Crippen LogP contribution in [0, 0.1) is 0 Å². The van der Waals surface area contributed by atoms with E-state index in [9.17, 15) is 0 Å². The van der Waals surface area contributed by atoms with E-state index in [1.807, 2.05) is 25.2 Å². The third-order valence-electron chi connectivity index (χ3n) is 5.06. The molecule has 1 aromatic heterocycles. The van der Waals surface area contributed by atoms with Crippen molar-refractivity contribution in [1.29, 1.82) is 0 Å². The Bertz CT molecular complexity index is 808. The molecule has 3 N–H and O–H groups in total. The highest BCUT2D eigenvalue weighted by Gasteiger charge is 2.19. The van der Waals surface area contributed by atoms with Crippen LogP contribution in [0.1, 0.15) is 25.3 Å². The molecule has 0 radical (unpaired) electrons. The summed E-state index contributed by atoms with van der Waals surface area (Å²) >= 11 is 6.13. The number of guanidine groups is 1. The first-order valence-corrected chi connectivity index (χ1v) is 10.0. The first-order valence-electron chi connectivity index (χ1n) is 9.64. The molecule has 154 valence electrons. The van der Waals surface area contributed by atoms with Crippen LogP contribution in [-0.4, -0.2) is 55.1 Å². The summed E-state index contributed by atoms with van der Waals surface area (Å²) < 4.78 is 0. The third-order valence-corrected chi connectivity index (χ3v) is 5.30. The molecule has 0 bridgehead atoms. The lowest BCUT2D eigenvalue weighted by molar-refractivity contribution is 0.221. The fourth-order valence-electron chi connectivity index (χ4n) is 3.68. The number of hydrogen-bond donors (Lipinski definition) is 3. The highest BCUT2D eigenvalue weighted by atomic mass is 127. The van der Waals surface area contributed by atoms with Gasteiger partial charge in [-0.3, -0.25) is 9.89 Å². The Labute approximate surface area is 190 Å². The van der Waals surface area contributed by atoms with E-state index >= 15 is 0 Å². The number of benzene rings is 1. The van der Waals surface area contributed by atoms with Crippen molar-refractivity contribution < 1.29 is 0 Å². The van der Waals surface area contributed by atoms with Gasteiger partial charge in [0.2, 0.25) is 0 Å². The maximum absolute atomic E-state index is 6.13. The molecule has 1 aliphatic heterocycles. The SMILES string of the molecule is C=C(C)CN1CCC(NC(=NC)NCCc2c[nH]c3ccc(Cl)cc23)CC1.I. The van der Waals surface area contributed by atoms with Crippen LogP contribution in [0.4, 0.5) is 0 Å². The fraction of sp³-hybridized carbons (Fsp3) is 0.476. The number of H-pyrrole nitrogens is 1. The van der Waals surface area contributed by atoms with E-state index in [0.717, 1.165) is 61.9 Å². The van der Waals surface area contributed by atoms with Crippen molar-refractivity contribution in [3.8, 4) is 0 Å². The number of nitrogens with one attached hydrogen (secondary N) is 3. The van der Waals surface area contributed by atoms with Gasteiger partial charge in [-0.05, 0) is 49.9 Å². The van der Waals surface area contributed by atoms with Gasteiger partial charge in [0.25, 0.3) is 0 Å². The zero-order valence-electron chi connectivity index (χ0n) is 16.7. The molecule has 0 amide bonds. The summed E-state index contributed by atoms with van der Waals surface area (Å²) in [6, 6.07) is 6.43. The van der Waals surface area contributed by atoms with Gasteiger partial charge in [-0.15, -0.1) is 24.0 Å². The molecular formula is C21H31ClIN5. The van der Waals surface area contributed by atoms with Gasteiger partial charge in [0.05, 0.1) is 0 Å². The van der Waals surface area contributed by atoms with Crippen molar-refractivity contribution in [3.63, 3.8) is 0 Å². The highest BCUT2D eigenvalue weighted by molar-refractivity contribution is 14.0. The fourth-order valence-corrected chi connectivity index (χ4v) is 3.85. The van der Waals surface area contributed by atoms with Crippen LogP contribution in [0.5, 0.6) is 0 Å². The average molecular weight is 516 g/mol. The first kappa shape index (κ1) is 23.0. The van der Waals surface area contributed by atoms with Gasteiger partial charge < -0.3 is 15.6 Å². The van der Waals surface area contributed by atoms with E-state index in [1.54, 1.807) is 0 Å². The van der Waals surface area contributed by atoms with Crippen LogP contribution in [0.15, 0.2) is 41.5 Å². The Morgan fingerprint density at radius 1 is 1.36 bits per heavy atom. The van der Waals surface area contributed by atoms with Gasteiger partial charge in [0.15, 0.2) is 5.96 Å². The molecule has 0 spiro atoms. The Balaban J connectivity index is 0.00000280. The minimum absolute atomic E-state index is 0. The van der Waals surface area contributed by atoms with Crippen LogP contribution in [-0.2, 0) is 6.42 Å². The molecule has 5 nitrogen and oxygen atoms in total. The minimum Gasteiger partial charge on any atom is -0.361 e. The lowest BCUT2D eigenvalue weighted by Gasteiger charge is -2.33. The summed E-state index contributed by atoms with van der Waals surface area (Å²) in [6.07, 6.45) is 5.25. The van der Waals surface area contributed by atoms with Crippen LogP contribution >= 0.6 is 35.6 Å². The second-order valence-electron chi connectivity index (χ2n) is 7.40. The van der Waals surface area contributed by atoms with Gasteiger partial charge in [-0.25, -0.2) is 0 Å². The van der Waals surface area contributed by atoms with Crippen molar-refractivity contribution in [2.75, 3.05) is 33.2 Å². The van der Waals surface area contributed by atoms with Crippen LogP contribution < -0.4 is 10.6 Å². The van der Waals surface area contributed by atoms with Gasteiger partial charge >= 0.3 is 0 Å². The first-order chi connectivity index (χ1) is 13.0. The van der Waals surface area contributed by atoms with Gasteiger partial charge in [-0.2, -0.15) is 0 Å². The number of halogens is 2. The predicted octanol–water partition coefficient (Wildman–Crippen LogP) is 4.19. The van der Waals surface area contributed by atoms with E-state index in [2.05, 4.69) is 45.2 Å². The number of piperidine rings is 1. The molecule has 0 aliphatic carbocycles. The topological polar surface area (TPSA) is 55.4 Å². The summed E-state index contributed by atoms with van der Waals surface area (Å²) in [6.45, 7) is 10.2. The second kappa shape index (κ2) is 11.1. The summed E-state index contributed by atoms with van der Waals surface area (Å²) in [5.41, 5.74) is 3.62. The molecule has 3 rings (SSSR count). The number of aliphatic imine (C=N–C) groups is 1. The smallest absolute Gasteiger partial charge is 0.191 e. The molecule has 7 heteroatoms. The maximum atomic E-state index is 6.13. The van der Waals surface area contributed by atoms with Crippen molar-refractivity contribution in [1.82, 2.24) is 20.5 Å². The Kier molecular flexibility index (Phi) is 9.11. The number of rotatable bonds is 6. The van der Waals surface area contributed by atoms with E-state index in [4.69, 9.17) is 11.6 Å². The van der Waals surface area contributed by atoms with Crippen LogP contribution in [0.3, 0.4) is 0 Å². The predicted molar refractivity (Wildman–Crippen MR) is 131 cm³/mol. The van der Waals surface area contributed by atoms with Gasteiger partial charge in [0, 0.05) is 61.4 Å².